The van der Waals surface area contributed by atoms with Crippen LogP contribution in [-0.4, -0.2) is 60.8 Å². The van der Waals surface area contributed by atoms with Crippen molar-refractivity contribution < 1.29 is 14.6 Å². The Morgan fingerprint density at radius 1 is 1.42 bits per heavy atom. The molecule has 1 aliphatic carbocycles. The van der Waals surface area contributed by atoms with E-state index in [2.05, 4.69) is 22.3 Å². The van der Waals surface area contributed by atoms with Gasteiger partial charge in [-0.1, -0.05) is 18.5 Å². The summed E-state index contributed by atoms with van der Waals surface area (Å²) < 4.78 is 6.78. The van der Waals surface area contributed by atoms with Crippen molar-refractivity contribution in [1.29, 1.82) is 10.8 Å². The van der Waals surface area contributed by atoms with Gasteiger partial charge in [-0.15, -0.1) is 0 Å². The van der Waals surface area contributed by atoms with E-state index in [0.29, 0.717) is 40.9 Å². The second-order valence-corrected chi connectivity index (χ2v) is 8.59. The molecular weight excluding hydrogens is 422 g/mol. The third-order valence-corrected chi connectivity index (χ3v) is 6.16. The number of ether oxygens (including phenoxy) is 1. The van der Waals surface area contributed by atoms with Gasteiger partial charge in [-0.3, -0.25) is 15.5 Å². The molecular formula is C20H24ClN7O3. The van der Waals surface area contributed by atoms with Gasteiger partial charge in [-0.05, 0) is 37.0 Å². The standard InChI is InChI=1S/C20H24ClN7O3/c1-11-5-13-8-20(7-11,18(23)31-16(22)9-29)28(13)19(30)25-12-3-4-15(21)14(6-12)17-24-10-27(2)26-17/h3-4,6,10-11,13,22-23,29H,5,7-9H2,1-2H3,(H,25,30)/t11?,13-,20?/m1/s1. The lowest BCUT2D eigenvalue weighted by molar-refractivity contribution is -0.0541. The number of aryl methyl sites for hydroxylation is 1. The molecule has 10 nitrogen and oxygen atoms in total. The Hall–Kier alpha value is -2.98. The zero-order chi connectivity index (χ0) is 22.3. The van der Waals surface area contributed by atoms with Crippen LogP contribution in [0.2, 0.25) is 5.02 Å². The number of piperidine rings is 1. The molecule has 1 aromatic carbocycles. The van der Waals surface area contributed by atoms with E-state index in [0.717, 1.165) is 6.42 Å². The summed E-state index contributed by atoms with van der Waals surface area (Å²) >= 11 is 6.30. The Morgan fingerprint density at radius 2 is 2.19 bits per heavy atom. The largest absolute Gasteiger partial charge is 0.425 e. The maximum absolute atomic E-state index is 13.2. The van der Waals surface area contributed by atoms with E-state index < -0.39 is 18.0 Å². The van der Waals surface area contributed by atoms with Crippen molar-refractivity contribution in [2.75, 3.05) is 11.9 Å². The van der Waals surface area contributed by atoms with Crippen molar-refractivity contribution in [3.8, 4) is 11.4 Å². The third kappa shape index (κ3) is 3.77. The molecule has 4 N–H and O–H groups in total. The quantitative estimate of drug-likeness (QED) is 0.423. The summed E-state index contributed by atoms with van der Waals surface area (Å²) in [6.07, 6.45) is 3.58. The second-order valence-electron chi connectivity index (χ2n) is 8.18. The molecule has 5 rings (SSSR count). The van der Waals surface area contributed by atoms with Crippen LogP contribution in [0.1, 0.15) is 26.2 Å². The summed E-state index contributed by atoms with van der Waals surface area (Å²) in [4.78, 5) is 19.1. The van der Waals surface area contributed by atoms with Gasteiger partial charge in [-0.2, -0.15) is 5.10 Å². The predicted octanol–water partition coefficient (Wildman–Crippen LogP) is 2.87. The molecule has 2 unspecified atom stereocenters. The average Bonchev–Trinajstić information content (AvgIpc) is 3.14. The van der Waals surface area contributed by atoms with Crippen molar-refractivity contribution in [1.82, 2.24) is 19.7 Å². The van der Waals surface area contributed by atoms with Gasteiger partial charge in [0, 0.05) is 30.8 Å². The number of halogens is 1. The number of fused-ring (bicyclic) bond motifs is 2. The van der Waals surface area contributed by atoms with E-state index in [1.165, 1.54) is 0 Å². The fourth-order valence-corrected chi connectivity index (χ4v) is 4.84. The Kier molecular flexibility index (Phi) is 5.44. The van der Waals surface area contributed by atoms with E-state index in [9.17, 15) is 4.79 Å². The Morgan fingerprint density at radius 3 is 2.87 bits per heavy atom. The minimum absolute atomic E-state index is 0.0137. The molecule has 2 saturated heterocycles. The topological polar surface area (TPSA) is 140 Å². The predicted molar refractivity (Wildman–Crippen MR) is 115 cm³/mol. The summed E-state index contributed by atoms with van der Waals surface area (Å²) in [5, 5.41) is 32.7. The van der Waals surface area contributed by atoms with Gasteiger partial charge >= 0.3 is 6.03 Å². The van der Waals surface area contributed by atoms with Crippen LogP contribution in [0, 0.1) is 16.7 Å². The summed E-state index contributed by atoms with van der Waals surface area (Å²) in [5.41, 5.74) is 0.214. The summed E-state index contributed by atoms with van der Waals surface area (Å²) in [7, 11) is 1.76. The van der Waals surface area contributed by atoms with Crippen molar-refractivity contribution in [2.24, 2.45) is 13.0 Å². The highest BCUT2D eigenvalue weighted by Crippen LogP contribution is 2.50. The molecule has 2 aromatic rings. The molecule has 0 spiro atoms. The van der Waals surface area contributed by atoms with Crippen molar-refractivity contribution in [3.05, 3.63) is 29.5 Å². The SMILES string of the molecule is CC1C[C@@H]2CC(C(=N)OC(=N)CO)(C1)N2C(=O)Nc1ccc(Cl)c(-c2ncn(C)n2)c1. The molecule has 3 heterocycles. The van der Waals surface area contributed by atoms with Gasteiger partial charge < -0.3 is 20.1 Å². The number of aromatic nitrogens is 3. The smallest absolute Gasteiger partial charge is 0.322 e. The van der Waals surface area contributed by atoms with Crippen LogP contribution in [0.15, 0.2) is 24.5 Å². The van der Waals surface area contributed by atoms with Crippen LogP contribution >= 0.6 is 11.6 Å². The van der Waals surface area contributed by atoms with E-state index in [1.54, 1.807) is 41.2 Å². The van der Waals surface area contributed by atoms with Gasteiger partial charge in [-0.25, -0.2) is 9.78 Å². The molecule has 164 valence electrons. The number of aliphatic hydroxyl groups is 1. The van der Waals surface area contributed by atoms with E-state index >= 15 is 0 Å². The molecule has 2 aliphatic heterocycles. The van der Waals surface area contributed by atoms with Crippen LogP contribution in [0.3, 0.4) is 0 Å². The van der Waals surface area contributed by atoms with Gasteiger partial charge in [0.15, 0.2) is 5.82 Å². The highest BCUT2D eigenvalue weighted by Gasteiger charge is 2.62. The van der Waals surface area contributed by atoms with E-state index in [4.69, 9.17) is 32.3 Å². The first-order chi connectivity index (χ1) is 14.7. The monoisotopic (exact) mass is 445 g/mol. The van der Waals surface area contributed by atoms with Gasteiger partial charge in [0.25, 0.3) is 0 Å². The minimum atomic E-state index is -0.911. The molecule has 3 fully saturated rings. The Labute approximate surface area is 184 Å². The summed E-state index contributed by atoms with van der Waals surface area (Å²) in [6.45, 7) is 1.48. The minimum Gasteiger partial charge on any atom is -0.425 e. The first-order valence-corrected chi connectivity index (χ1v) is 10.3. The maximum Gasteiger partial charge on any atom is 0.322 e. The van der Waals surface area contributed by atoms with Crippen LogP contribution < -0.4 is 5.32 Å². The number of amides is 2. The lowest BCUT2D eigenvalue weighted by Gasteiger charge is -2.62. The first kappa shape index (κ1) is 21.3. The molecule has 1 aromatic heterocycles. The number of carbonyl (C=O) groups is 1. The van der Waals surface area contributed by atoms with Crippen LogP contribution in [-0.2, 0) is 11.8 Å². The summed E-state index contributed by atoms with van der Waals surface area (Å²) in [6, 6.07) is 4.71. The molecule has 31 heavy (non-hydrogen) atoms. The van der Waals surface area contributed by atoms with Crippen LogP contribution in [0.25, 0.3) is 11.4 Å². The fraction of sp³-hybridized carbons (Fsp3) is 0.450. The number of benzene rings is 1. The number of nitrogens with one attached hydrogen (secondary N) is 3. The van der Waals surface area contributed by atoms with E-state index in [1.807, 2.05) is 0 Å². The lowest BCUT2D eigenvalue weighted by Crippen LogP contribution is -2.75. The zero-order valence-corrected chi connectivity index (χ0v) is 18.0. The molecule has 2 amide bonds. The molecule has 2 bridgehead atoms. The number of aliphatic hydroxyl groups excluding tert-OH is 1. The normalized spacial score (nSPS) is 24.3. The Bertz CT molecular complexity index is 1060. The van der Waals surface area contributed by atoms with E-state index in [-0.39, 0.29) is 18.0 Å². The number of rotatable bonds is 4. The lowest BCUT2D eigenvalue weighted by atomic mass is 9.64. The Balaban J connectivity index is 1.56. The van der Waals surface area contributed by atoms with Gasteiger partial charge in [0.1, 0.15) is 18.5 Å². The highest BCUT2D eigenvalue weighted by molar-refractivity contribution is 6.33. The molecule has 1 saturated carbocycles. The fourth-order valence-electron chi connectivity index (χ4n) is 4.64. The number of anilines is 1. The zero-order valence-electron chi connectivity index (χ0n) is 17.2. The van der Waals surface area contributed by atoms with Gasteiger partial charge in [0.05, 0.1) is 5.02 Å². The van der Waals surface area contributed by atoms with Crippen LogP contribution in [0.5, 0.6) is 0 Å². The van der Waals surface area contributed by atoms with Crippen molar-refractivity contribution in [3.63, 3.8) is 0 Å². The molecule has 0 radical (unpaired) electrons. The van der Waals surface area contributed by atoms with Crippen molar-refractivity contribution >= 4 is 35.1 Å². The third-order valence-electron chi connectivity index (χ3n) is 5.83. The number of hydrogen-bond donors (Lipinski definition) is 4. The number of urea groups is 1. The number of nitrogens with zero attached hydrogens (tertiary/aromatic N) is 4. The second kappa shape index (κ2) is 7.93. The molecule has 3 atom stereocenters. The maximum atomic E-state index is 13.2. The number of carbonyl (C=O) groups excluding carboxylic acids is 1. The highest BCUT2D eigenvalue weighted by atomic mass is 35.5. The average molecular weight is 446 g/mol. The number of hydrogen-bond acceptors (Lipinski definition) is 7. The van der Waals surface area contributed by atoms with Crippen molar-refractivity contribution in [2.45, 2.75) is 37.8 Å². The van der Waals surface area contributed by atoms with Crippen LogP contribution in [0.4, 0.5) is 10.5 Å². The molecule has 3 aliphatic rings. The summed E-state index contributed by atoms with van der Waals surface area (Å²) in [5.74, 6) is 0.172. The molecule has 11 heteroatoms. The first-order valence-electron chi connectivity index (χ1n) is 9.94. The van der Waals surface area contributed by atoms with Gasteiger partial charge in [0.2, 0.25) is 11.8 Å².